The first-order valence-corrected chi connectivity index (χ1v) is 10.9. The second kappa shape index (κ2) is 4.76. The molecule has 0 aromatic heterocycles. The van der Waals surface area contributed by atoms with Crippen LogP contribution in [-0.4, -0.2) is 8.07 Å². The molecule has 0 bridgehead atoms. The van der Waals surface area contributed by atoms with E-state index in [0.717, 1.165) is 20.8 Å². The summed E-state index contributed by atoms with van der Waals surface area (Å²) in [5.41, 5.74) is 0. The Morgan fingerprint density at radius 2 is 1.15 bits per heavy atom. The number of benzene rings is 3. The monoisotopic (exact) mass is 318 g/mol. The quantitative estimate of drug-likeness (QED) is 0.390. The Morgan fingerprint density at radius 1 is 0.700 bits per heavy atom. The molecule has 0 fully saturated rings. The first kappa shape index (κ1) is 13.9. The summed E-state index contributed by atoms with van der Waals surface area (Å²) < 4.78 is 0. The third-order valence-electron chi connectivity index (χ3n) is 3.68. The van der Waals surface area contributed by atoms with Gasteiger partial charge in [-0.15, -0.1) is 0 Å². The van der Waals surface area contributed by atoms with Gasteiger partial charge in [0.25, 0.3) is 0 Å². The highest BCUT2D eigenvalue weighted by atomic mass is 35.5. The first-order chi connectivity index (χ1) is 9.39. The largest absolute Gasteiger partial charge is 0.0837 e. The van der Waals surface area contributed by atoms with E-state index in [-0.39, 0.29) is 0 Å². The van der Waals surface area contributed by atoms with Crippen molar-refractivity contribution in [1.82, 2.24) is 0 Å². The normalized spacial score (nSPS) is 12.2. The van der Waals surface area contributed by atoms with Crippen molar-refractivity contribution in [2.75, 3.05) is 0 Å². The summed E-state index contributed by atoms with van der Waals surface area (Å²) in [4.78, 5) is 0. The highest BCUT2D eigenvalue weighted by molar-refractivity contribution is 6.92. The van der Waals surface area contributed by atoms with Crippen LogP contribution in [-0.2, 0) is 0 Å². The SMILES string of the molecule is C[Si](C)(C)c1c2cccc(Cl)c2cc2c(Cl)cccc12. The molecule has 0 saturated heterocycles. The maximum atomic E-state index is 6.40. The van der Waals surface area contributed by atoms with Gasteiger partial charge >= 0.3 is 0 Å². The van der Waals surface area contributed by atoms with E-state index in [1.165, 1.54) is 16.0 Å². The van der Waals surface area contributed by atoms with E-state index < -0.39 is 8.07 Å². The predicted octanol–water partition coefficient (Wildman–Crippen LogP) is 5.85. The average Bonchev–Trinajstić information content (AvgIpc) is 2.36. The Balaban J connectivity index is 2.64. The Labute approximate surface area is 130 Å². The van der Waals surface area contributed by atoms with Crippen LogP contribution in [0.2, 0.25) is 29.7 Å². The van der Waals surface area contributed by atoms with Crippen LogP contribution in [0, 0.1) is 0 Å². The number of fused-ring (bicyclic) bond motifs is 2. The van der Waals surface area contributed by atoms with E-state index in [2.05, 4.69) is 37.8 Å². The Hall–Kier alpha value is -1.02. The summed E-state index contributed by atoms with van der Waals surface area (Å²) in [7, 11) is -1.53. The first-order valence-electron chi connectivity index (χ1n) is 6.69. The molecule has 3 aromatic rings. The van der Waals surface area contributed by atoms with Gasteiger partial charge in [0.05, 0.1) is 8.07 Å². The molecule has 20 heavy (non-hydrogen) atoms. The minimum atomic E-state index is -1.53. The van der Waals surface area contributed by atoms with Crippen LogP contribution in [0.5, 0.6) is 0 Å². The molecule has 3 heteroatoms. The van der Waals surface area contributed by atoms with Gasteiger partial charge in [-0.2, -0.15) is 0 Å². The minimum Gasteiger partial charge on any atom is -0.0837 e. The fourth-order valence-electron chi connectivity index (χ4n) is 2.90. The zero-order valence-corrected chi connectivity index (χ0v) is 14.3. The zero-order chi connectivity index (χ0) is 14.5. The van der Waals surface area contributed by atoms with Crippen LogP contribution in [0.4, 0.5) is 0 Å². The molecule has 0 unspecified atom stereocenters. The maximum Gasteiger partial charge on any atom is 0.0792 e. The molecule has 0 N–H and O–H groups in total. The number of hydrogen-bond donors (Lipinski definition) is 0. The molecule has 0 amide bonds. The molecule has 0 heterocycles. The molecule has 0 aliphatic carbocycles. The Morgan fingerprint density at radius 3 is 1.55 bits per heavy atom. The van der Waals surface area contributed by atoms with Crippen molar-refractivity contribution < 1.29 is 0 Å². The van der Waals surface area contributed by atoms with E-state index in [0.29, 0.717) is 0 Å². The number of halogens is 2. The molecule has 0 aliphatic heterocycles. The molecule has 0 saturated carbocycles. The lowest BCUT2D eigenvalue weighted by atomic mass is 10.0. The van der Waals surface area contributed by atoms with E-state index >= 15 is 0 Å². The Bertz CT molecular complexity index is 756. The summed E-state index contributed by atoms with van der Waals surface area (Å²) in [6.45, 7) is 7.09. The lowest BCUT2D eigenvalue weighted by molar-refractivity contribution is 1.73. The topological polar surface area (TPSA) is 0 Å². The molecule has 0 spiro atoms. The highest BCUT2D eigenvalue weighted by Gasteiger charge is 2.23. The maximum absolute atomic E-state index is 6.40. The van der Waals surface area contributed by atoms with Gasteiger partial charge in [0.15, 0.2) is 0 Å². The molecule has 102 valence electrons. The van der Waals surface area contributed by atoms with Gasteiger partial charge in [-0.25, -0.2) is 0 Å². The van der Waals surface area contributed by atoms with Crippen LogP contribution >= 0.6 is 23.2 Å². The van der Waals surface area contributed by atoms with E-state index in [9.17, 15) is 0 Å². The van der Waals surface area contributed by atoms with Crippen molar-refractivity contribution in [3.63, 3.8) is 0 Å². The van der Waals surface area contributed by atoms with Crippen LogP contribution in [0.15, 0.2) is 42.5 Å². The second-order valence-electron chi connectivity index (χ2n) is 6.17. The molecule has 0 atom stereocenters. The molecular formula is C17H16Cl2Si. The predicted molar refractivity (Wildman–Crippen MR) is 94.5 cm³/mol. The van der Waals surface area contributed by atoms with Crippen LogP contribution in [0.3, 0.4) is 0 Å². The molecule has 0 radical (unpaired) electrons. The third kappa shape index (κ3) is 2.14. The van der Waals surface area contributed by atoms with Crippen LogP contribution in [0.25, 0.3) is 21.5 Å². The van der Waals surface area contributed by atoms with Gasteiger partial charge in [-0.1, -0.05) is 67.1 Å². The number of hydrogen-bond acceptors (Lipinski definition) is 0. The molecule has 0 nitrogen and oxygen atoms in total. The summed E-state index contributed by atoms with van der Waals surface area (Å²) in [6.07, 6.45) is 0. The molecule has 3 aromatic carbocycles. The van der Waals surface area contributed by atoms with Gasteiger partial charge in [0, 0.05) is 20.8 Å². The second-order valence-corrected chi connectivity index (χ2v) is 12.0. The summed E-state index contributed by atoms with van der Waals surface area (Å²) in [5, 5.41) is 7.78. The fraction of sp³-hybridized carbons (Fsp3) is 0.176. The van der Waals surface area contributed by atoms with Crippen molar-refractivity contribution >= 4 is 58.0 Å². The van der Waals surface area contributed by atoms with Crippen molar-refractivity contribution in [2.24, 2.45) is 0 Å². The van der Waals surface area contributed by atoms with Gasteiger partial charge in [0.1, 0.15) is 0 Å². The average molecular weight is 319 g/mol. The van der Waals surface area contributed by atoms with E-state index in [1.54, 1.807) is 0 Å². The lowest BCUT2D eigenvalue weighted by Gasteiger charge is -2.23. The molecule has 3 rings (SSSR count). The summed E-state index contributed by atoms with van der Waals surface area (Å²) in [5.74, 6) is 0. The van der Waals surface area contributed by atoms with Crippen molar-refractivity contribution in [1.29, 1.82) is 0 Å². The highest BCUT2D eigenvalue weighted by Crippen LogP contribution is 2.32. The molecule has 0 aliphatic rings. The lowest BCUT2D eigenvalue weighted by Crippen LogP contribution is -2.38. The minimum absolute atomic E-state index is 0.795. The van der Waals surface area contributed by atoms with Gasteiger partial charge in [-0.3, -0.25) is 0 Å². The fourth-order valence-corrected chi connectivity index (χ4v) is 5.41. The van der Waals surface area contributed by atoms with Gasteiger partial charge in [-0.05, 0) is 34.2 Å². The summed E-state index contributed by atoms with van der Waals surface area (Å²) >= 11 is 12.8. The van der Waals surface area contributed by atoms with Gasteiger partial charge in [0.2, 0.25) is 0 Å². The molecular weight excluding hydrogens is 303 g/mol. The third-order valence-corrected chi connectivity index (χ3v) is 6.38. The zero-order valence-electron chi connectivity index (χ0n) is 11.8. The van der Waals surface area contributed by atoms with Crippen LogP contribution < -0.4 is 5.19 Å². The smallest absolute Gasteiger partial charge is 0.0792 e. The summed E-state index contributed by atoms with van der Waals surface area (Å²) in [6, 6.07) is 14.4. The van der Waals surface area contributed by atoms with Crippen molar-refractivity contribution in [3.8, 4) is 0 Å². The Kier molecular flexibility index (Phi) is 3.32. The van der Waals surface area contributed by atoms with Crippen molar-refractivity contribution in [3.05, 3.63) is 52.5 Å². The van der Waals surface area contributed by atoms with E-state index in [1.807, 2.05) is 24.3 Å². The van der Waals surface area contributed by atoms with Crippen LogP contribution in [0.1, 0.15) is 0 Å². The standard InChI is InChI=1S/C17H16Cl2Si/c1-20(2,3)17-11-6-4-8-15(18)13(11)10-14-12(17)7-5-9-16(14)19/h4-10H,1-3H3. The van der Waals surface area contributed by atoms with Gasteiger partial charge < -0.3 is 0 Å². The van der Waals surface area contributed by atoms with Crippen molar-refractivity contribution in [2.45, 2.75) is 19.6 Å². The number of rotatable bonds is 1. The van der Waals surface area contributed by atoms with E-state index in [4.69, 9.17) is 23.2 Å².